The second kappa shape index (κ2) is 5.44. The summed E-state index contributed by atoms with van der Waals surface area (Å²) in [5, 5.41) is 3.15. The van der Waals surface area contributed by atoms with Gasteiger partial charge >= 0.3 is 0 Å². The first kappa shape index (κ1) is 13.0. The normalized spacial score (nSPS) is 10.4. The van der Waals surface area contributed by atoms with Gasteiger partial charge in [-0.25, -0.2) is 14.4 Å². The van der Waals surface area contributed by atoms with Crippen molar-refractivity contribution in [3.8, 4) is 11.4 Å². The molecule has 5 heteroatoms. The van der Waals surface area contributed by atoms with Crippen molar-refractivity contribution in [1.82, 2.24) is 9.97 Å². The van der Waals surface area contributed by atoms with Gasteiger partial charge in [0.1, 0.15) is 11.6 Å². The van der Waals surface area contributed by atoms with Gasteiger partial charge in [-0.15, -0.1) is 0 Å². The van der Waals surface area contributed by atoms with Crippen molar-refractivity contribution in [2.75, 3.05) is 11.9 Å². The Morgan fingerprint density at radius 3 is 2.72 bits per heavy atom. The molecule has 1 heterocycles. The molecule has 1 N–H and O–H groups in total. The molecule has 1 aromatic carbocycles. The van der Waals surface area contributed by atoms with Crippen LogP contribution in [-0.2, 0) is 0 Å². The minimum absolute atomic E-state index is 0.293. The zero-order valence-corrected chi connectivity index (χ0v) is 11.8. The lowest BCUT2D eigenvalue weighted by Gasteiger charge is -2.07. The fraction of sp³-hybridized carbons (Fsp3) is 0.231. The summed E-state index contributed by atoms with van der Waals surface area (Å²) in [5.74, 6) is 1.07. The van der Waals surface area contributed by atoms with Crippen LogP contribution in [0.4, 0.5) is 10.2 Å². The summed E-state index contributed by atoms with van der Waals surface area (Å²) in [4.78, 5) is 8.76. The second-order valence-corrected chi connectivity index (χ2v) is 4.73. The maximum absolute atomic E-state index is 13.2. The van der Waals surface area contributed by atoms with E-state index in [1.165, 1.54) is 6.07 Å². The first-order valence-corrected chi connectivity index (χ1v) is 6.44. The van der Waals surface area contributed by atoms with Crippen molar-refractivity contribution in [3.05, 3.63) is 40.2 Å². The van der Waals surface area contributed by atoms with Gasteiger partial charge in [0.15, 0.2) is 5.82 Å². The fourth-order valence-corrected chi connectivity index (χ4v) is 1.98. The molecule has 0 aliphatic rings. The zero-order valence-electron chi connectivity index (χ0n) is 10.2. The Morgan fingerprint density at radius 2 is 2.06 bits per heavy atom. The third kappa shape index (κ3) is 2.85. The molecule has 0 spiro atoms. The topological polar surface area (TPSA) is 37.8 Å². The van der Waals surface area contributed by atoms with E-state index in [1.807, 2.05) is 19.9 Å². The molecule has 0 saturated heterocycles. The minimum atomic E-state index is -0.293. The van der Waals surface area contributed by atoms with E-state index >= 15 is 0 Å². The van der Waals surface area contributed by atoms with E-state index < -0.39 is 0 Å². The highest BCUT2D eigenvalue weighted by molar-refractivity contribution is 9.10. The monoisotopic (exact) mass is 309 g/mol. The van der Waals surface area contributed by atoms with Crippen LogP contribution in [0.5, 0.6) is 0 Å². The molecule has 2 rings (SSSR count). The molecule has 0 radical (unpaired) electrons. The number of anilines is 1. The SMILES string of the molecule is CCNc1cc(C)nc(-c2ccc(F)c(Br)c2)n1. The van der Waals surface area contributed by atoms with Gasteiger partial charge in [-0.1, -0.05) is 0 Å². The predicted molar refractivity (Wildman–Crippen MR) is 74.0 cm³/mol. The van der Waals surface area contributed by atoms with Crippen LogP contribution < -0.4 is 5.32 Å². The van der Waals surface area contributed by atoms with Crippen LogP contribution >= 0.6 is 15.9 Å². The van der Waals surface area contributed by atoms with Gasteiger partial charge in [0, 0.05) is 23.9 Å². The highest BCUT2D eigenvalue weighted by atomic mass is 79.9. The summed E-state index contributed by atoms with van der Waals surface area (Å²) in [7, 11) is 0. The number of hydrogen-bond donors (Lipinski definition) is 1. The first-order chi connectivity index (χ1) is 8.60. The van der Waals surface area contributed by atoms with Crippen LogP contribution in [-0.4, -0.2) is 16.5 Å². The number of nitrogens with zero attached hydrogens (tertiary/aromatic N) is 2. The maximum atomic E-state index is 13.2. The fourth-order valence-electron chi connectivity index (χ4n) is 1.60. The molecule has 0 bridgehead atoms. The number of rotatable bonds is 3. The van der Waals surface area contributed by atoms with E-state index in [4.69, 9.17) is 0 Å². The highest BCUT2D eigenvalue weighted by Crippen LogP contribution is 2.23. The molecule has 18 heavy (non-hydrogen) atoms. The third-order valence-electron chi connectivity index (χ3n) is 2.39. The Kier molecular flexibility index (Phi) is 3.91. The van der Waals surface area contributed by atoms with Gasteiger partial charge in [-0.05, 0) is 48.0 Å². The Labute approximate surface area is 114 Å². The Hall–Kier alpha value is -1.49. The number of aryl methyl sites for hydroxylation is 1. The largest absolute Gasteiger partial charge is 0.370 e. The van der Waals surface area contributed by atoms with Gasteiger partial charge < -0.3 is 5.32 Å². The lowest BCUT2D eigenvalue weighted by molar-refractivity contribution is 0.621. The molecule has 3 nitrogen and oxygen atoms in total. The van der Waals surface area contributed by atoms with Crippen molar-refractivity contribution in [2.24, 2.45) is 0 Å². The van der Waals surface area contributed by atoms with Gasteiger partial charge in [-0.3, -0.25) is 0 Å². The van der Waals surface area contributed by atoms with Gasteiger partial charge in [0.2, 0.25) is 0 Å². The molecular formula is C13H13BrFN3. The molecule has 0 atom stereocenters. The van der Waals surface area contributed by atoms with Crippen LogP contribution in [0.15, 0.2) is 28.7 Å². The lowest BCUT2D eigenvalue weighted by atomic mass is 10.2. The van der Waals surface area contributed by atoms with Crippen molar-refractivity contribution in [3.63, 3.8) is 0 Å². The number of benzene rings is 1. The summed E-state index contributed by atoms with van der Waals surface area (Å²) < 4.78 is 13.6. The maximum Gasteiger partial charge on any atom is 0.161 e. The number of aromatic nitrogens is 2. The van der Waals surface area contributed by atoms with Crippen LogP contribution in [0.3, 0.4) is 0 Å². The summed E-state index contributed by atoms with van der Waals surface area (Å²) in [6.07, 6.45) is 0. The van der Waals surface area contributed by atoms with Crippen molar-refractivity contribution in [1.29, 1.82) is 0 Å². The molecule has 0 unspecified atom stereocenters. The molecule has 2 aromatic rings. The summed E-state index contributed by atoms with van der Waals surface area (Å²) >= 11 is 3.16. The van der Waals surface area contributed by atoms with E-state index in [0.717, 1.165) is 23.6 Å². The predicted octanol–water partition coefficient (Wildman–Crippen LogP) is 3.79. The molecule has 0 fully saturated rings. The smallest absolute Gasteiger partial charge is 0.161 e. The van der Waals surface area contributed by atoms with E-state index in [1.54, 1.807) is 12.1 Å². The average molecular weight is 310 g/mol. The summed E-state index contributed by atoms with van der Waals surface area (Å²) in [6, 6.07) is 6.63. The zero-order chi connectivity index (χ0) is 13.1. The van der Waals surface area contributed by atoms with E-state index in [-0.39, 0.29) is 5.82 Å². The molecule has 0 aliphatic carbocycles. The molecular weight excluding hydrogens is 297 g/mol. The third-order valence-corrected chi connectivity index (χ3v) is 3.00. The number of nitrogens with one attached hydrogen (secondary N) is 1. The van der Waals surface area contributed by atoms with Gasteiger partial charge in [-0.2, -0.15) is 0 Å². The molecule has 94 valence electrons. The molecule has 0 aliphatic heterocycles. The minimum Gasteiger partial charge on any atom is -0.370 e. The van der Waals surface area contributed by atoms with Crippen LogP contribution in [0.25, 0.3) is 11.4 Å². The summed E-state index contributed by atoms with van der Waals surface area (Å²) in [6.45, 7) is 4.71. The highest BCUT2D eigenvalue weighted by Gasteiger charge is 2.07. The van der Waals surface area contributed by atoms with Crippen molar-refractivity contribution >= 4 is 21.7 Å². The van der Waals surface area contributed by atoms with E-state index in [0.29, 0.717) is 10.3 Å². The number of halogens is 2. The average Bonchev–Trinajstić information content (AvgIpc) is 2.32. The van der Waals surface area contributed by atoms with Crippen molar-refractivity contribution < 1.29 is 4.39 Å². The molecule has 0 amide bonds. The van der Waals surface area contributed by atoms with E-state index in [9.17, 15) is 4.39 Å². The molecule has 1 aromatic heterocycles. The van der Waals surface area contributed by atoms with E-state index in [2.05, 4.69) is 31.2 Å². The van der Waals surface area contributed by atoms with Crippen molar-refractivity contribution in [2.45, 2.75) is 13.8 Å². The Balaban J connectivity index is 2.46. The summed E-state index contributed by atoms with van der Waals surface area (Å²) in [5.41, 5.74) is 1.66. The second-order valence-electron chi connectivity index (χ2n) is 3.88. The Bertz CT molecular complexity index is 572. The lowest BCUT2D eigenvalue weighted by Crippen LogP contribution is -2.02. The number of hydrogen-bond acceptors (Lipinski definition) is 3. The van der Waals surface area contributed by atoms with Gasteiger partial charge in [0.25, 0.3) is 0 Å². The van der Waals surface area contributed by atoms with Crippen LogP contribution in [0.1, 0.15) is 12.6 Å². The molecule has 0 saturated carbocycles. The van der Waals surface area contributed by atoms with Crippen LogP contribution in [0, 0.1) is 12.7 Å². The standard InChI is InChI=1S/C13H13BrFN3/c1-3-16-12-6-8(2)17-13(18-12)9-4-5-11(15)10(14)7-9/h4-7H,3H2,1-2H3,(H,16,17,18). The van der Waals surface area contributed by atoms with Gasteiger partial charge in [0.05, 0.1) is 4.47 Å². The van der Waals surface area contributed by atoms with Crippen LogP contribution in [0.2, 0.25) is 0 Å². The quantitative estimate of drug-likeness (QED) is 0.937. The first-order valence-electron chi connectivity index (χ1n) is 5.65. The Morgan fingerprint density at radius 1 is 1.28 bits per heavy atom.